The quantitative estimate of drug-likeness (QED) is 0.872. The lowest BCUT2D eigenvalue weighted by molar-refractivity contribution is 0.552. The standard InChI is InChI=1S/C14H17N3O2S.2ClH/c18-20(19,17-10-12-4-2-7-16-12)14-5-1-3-11-9-15-8-6-13(11)14;;/h1,3,5-6,8-9,12,16-17H,2,4,7,10H2;2*1H. The Morgan fingerprint density at radius 3 is 2.82 bits per heavy atom. The third kappa shape index (κ3) is 4.08. The molecule has 1 saturated heterocycles. The van der Waals surface area contributed by atoms with Crippen LogP contribution in [-0.2, 0) is 10.0 Å². The van der Waals surface area contributed by atoms with Crippen LogP contribution in [0.2, 0.25) is 0 Å². The number of aromatic nitrogens is 1. The summed E-state index contributed by atoms with van der Waals surface area (Å²) in [5, 5.41) is 4.81. The number of sulfonamides is 1. The smallest absolute Gasteiger partial charge is 0.241 e. The molecule has 2 N–H and O–H groups in total. The second kappa shape index (κ2) is 8.08. The van der Waals surface area contributed by atoms with E-state index in [2.05, 4.69) is 15.0 Å². The average molecular weight is 364 g/mol. The Balaban J connectivity index is 0.00000121. The molecule has 22 heavy (non-hydrogen) atoms. The van der Waals surface area contributed by atoms with E-state index in [1.807, 2.05) is 6.07 Å². The molecule has 2 aromatic rings. The van der Waals surface area contributed by atoms with Gasteiger partial charge in [-0.25, -0.2) is 13.1 Å². The normalized spacial score (nSPS) is 17.7. The van der Waals surface area contributed by atoms with Gasteiger partial charge in [0, 0.05) is 35.8 Å². The largest absolute Gasteiger partial charge is 0.313 e. The highest BCUT2D eigenvalue weighted by atomic mass is 35.5. The van der Waals surface area contributed by atoms with Crippen molar-refractivity contribution in [2.24, 2.45) is 0 Å². The van der Waals surface area contributed by atoms with Gasteiger partial charge in [0.2, 0.25) is 10.0 Å². The summed E-state index contributed by atoms with van der Waals surface area (Å²) >= 11 is 0. The van der Waals surface area contributed by atoms with E-state index < -0.39 is 10.0 Å². The fourth-order valence-corrected chi connectivity index (χ4v) is 3.86. The maximum atomic E-state index is 12.4. The summed E-state index contributed by atoms with van der Waals surface area (Å²) in [7, 11) is -3.49. The first-order valence-corrected chi connectivity index (χ1v) is 8.21. The number of hydrogen-bond donors (Lipinski definition) is 2. The molecule has 0 amide bonds. The predicted octanol–water partition coefficient (Wildman–Crippen LogP) is 2.11. The zero-order valence-electron chi connectivity index (χ0n) is 11.9. The molecular weight excluding hydrogens is 345 g/mol. The number of hydrogen-bond acceptors (Lipinski definition) is 4. The fraction of sp³-hybridized carbons (Fsp3) is 0.357. The van der Waals surface area contributed by atoms with Gasteiger partial charge in [-0.15, -0.1) is 24.8 Å². The van der Waals surface area contributed by atoms with Crippen molar-refractivity contribution in [2.75, 3.05) is 13.1 Å². The predicted molar refractivity (Wildman–Crippen MR) is 92.5 cm³/mol. The second-order valence-corrected chi connectivity index (χ2v) is 6.73. The van der Waals surface area contributed by atoms with E-state index in [1.54, 1.807) is 30.6 Å². The van der Waals surface area contributed by atoms with Crippen LogP contribution in [0.5, 0.6) is 0 Å². The van der Waals surface area contributed by atoms with Gasteiger partial charge in [-0.2, -0.15) is 0 Å². The Hall–Kier alpha value is -0.920. The van der Waals surface area contributed by atoms with E-state index in [9.17, 15) is 8.42 Å². The number of benzene rings is 1. The van der Waals surface area contributed by atoms with Crippen LogP contribution < -0.4 is 10.0 Å². The van der Waals surface area contributed by atoms with Crippen LogP contribution in [-0.4, -0.2) is 32.5 Å². The number of rotatable bonds is 4. The molecule has 3 rings (SSSR count). The van der Waals surface area contributed by atoms with Crippen LogP contribution in [0.4, 0.5) is 0 Å². The maximum absolute atomic E-state index is 12.4. The van der Waals surface area contributed by atoms with E-state index in [-0.39, 0.29) is 30.9 Å². The van der Waals surface area contributed by atoms with Gasteiger partial charge in [0.15, 0.2) is 0 Å². The number of halogens is 2. The Morgan fingerprint density at radius 1 is 1.27 bits per heavy atom. The van der Waals surface area contributed by atoms with Gasteiger partial charge in [-0.05, 0) is 31.5 Å². The molecule has 1 fully saturated rings. The molecule has 1 aromatic carbocycles. The molecule has 8 heteroatoms. The molecule has 122 valence electrons. The molecule has 1 aromatic heterocycles. The summed E-state index contributed by atoms with van der Waals surface area (Å²) in [6.07, 6.45) is 5.40. The molecule has 0 radical (unpaired) electrons. The third-order valence-electron chi connectivity index (χ3n) is 3.61. The molecule has 0 saturated carbocycles. The van der Waals surface area contributed by atoms with E-state index in [0.717, 1.165) is 24.8 Å². The van der Waals surface area contributed by atoms with Crippen molar-refractivity contribution in [1.29, 1.82) is 0 Å². The lowest BCUT2D eigenvalue weighted by atomic mass is 10.2. The number of nitrogens with zero attached hydrogens (tertiary/aromatic N) is 1. The summed E-state index contributed by atoms with van der Waals surface area (Å²) in [6, 6.07) is 7.21. The lowest BCUT2D eigenvalue weighted by Gasteiger charge is -2.13. The molecule has 1 aliphatic rings. The Kier molecular flexibility index (Phi) is 7.02. The van der Waals surface area contributed by atoms with E-state index in [1.165, 1.54) is 0 Å². The maximum Gasteiger partial charge on any atom is 0.241 e. The van der Waals surface area contributed by atoms with Gasteiger partial charge in [0.05, 0.1) is 4.90 Å². The van der Waals surface area contributed by atoms with Crippen LogP contribution in [0, 0.1) is 0 Å². The Labute approximate surface area is 142 Å². The molecule has 1 aliphatic heterocycles. The van der Waals surface area contributed by atoms with Crippen molar-refractivity contribution >= 4 is 45.6 Å². The first-order chi connectivity index (χ1) is 9.67. The molecule has 1 atom stereocenters. The zero-order valence-corrected chi connectivity index (χ0v) is 14.3. The minimum absolute atomic E-state index is 0. The highest BCUT2D eigenvalue weighted by Gasteiger charge is 2.20. The van der Waals surface area contributed by atoms with Crippen molar-refractivity contribution < 1.29 is 8.42 Å². The fourth-order valence-electron chi connectivity index (χ4n) is 2.55. The van der Waals surface area contributed by atoms with Gasteiger partial charge in [0.1, 0.15) is 0 Å². The number of fused-ring (bicyclic) bond motifs is 1. The van der Waals surface area contributed by atoms with Gasteiger partial charge in [-0.3, -0.25) is 4.98 Å². The summed E-state index contributed by atoms with van der Waals surface area (Å²) in [5.41, 5.74) is 0. The third-order valence-corrected chi connectivity index (χ3v) is 5.09. The highest BCUT2D eigenvalue weighted by Crippen LogP contribution is 2.21. The summed E-state index contributed by atoms with van der Waals surface area (Å²) < 4.78 is 27.6. The minimum Gasteiger partial charge on any atom is -0.313 e. The van der Waals surface area contributed by atoms with Gasteiger partial charge >= 0.3 is 0 Å². The van der Waals surface area contributed by atoms with Crippen molar-refractivity contribution in [2.45, 2.75) is 23.8 Å². The van der Waals surface area contributed by atoms with Crippen LogP contribution in [0.15, 0.2) is 41.6 Å². The summed E-state index contributed by atoms with van der Waals surface area (Å²) in [5.74, 6) is 0. The van der Waals surface area contributed by atoms with Crippen LogP contribution in [0.3, 0.4) is 0 Å². The Morgan fingerprint density at radius 2 is 2.09 bits per heavy atom. The van der Waals surface area contributed by atoms with Crippen LogP contribution in [0.25, 0.3) is 10.8 Å². The van der Waals surface area contributed by atoms with Gasteiger partial charge < -0.3 is 5.32 Å². The SMILES string of the molecule is Cl.Cl.O=S(=O)(NCC1CCCN1)c1cccc2cnccc12. The van der Waals surface area contributed by atoms with Gasteiger partial charge in [-0.1, -0.05) is 12.1 Å². The molecular formula is C14H19Cl2N3O2S. The van der Waals surface area contributed by atoms with Crippen LogP contribution in [0.1, 0.15) is 12.8 Å². The molecule has 0 bridgehead atoms. The summed E-state index contributed by atoms with van der Waals surface area (Å²) in [6.45, 7) is 1.40. The average Bonchev–Trinajstić information content (AvgIpc) is 2.98. The summed E-state index contributed by atoms with van der Waals surface area (Å²) in [4.78, 5) is 4.34. The molecule has 2 heterocycles. The topological polar surface area (TPSA) is 71.1 Å². The van der Waals surface area contributed by atoms with Crippen molar-refractivity contribution in [3.8, 4) is 0 Å². The first-order valence-electron chi connectivity index (χ1n) is 6.72. The van der Waals surface area contributed by atoms with Gasteiger partial charge in [0.25, 0.3) is 0 Å². The lowest BCUT2D eigenvalue weighted by Crippen LogP contribution is -2.37. The van der Waals surface area contributed by atoms with Crippen molar-refractivity contribution in [3.05, 3.63) is 36.7 Å². The monoisotopic (exact) mass is 363 g/mol. The number of pyridine rings is 1. The van der Waals surface area contributed by atoms with E-state index in [0.29, 0.717) is 16.8 Å². The van der Waals surface area contributed by atoms with Crippen molar-refractivity contribution in [1.82, 2.24) is 15.0 Å². The highest BCUT2D eigenvalue weighted by molar-refractivity contribution is 7.89. The molecule has 1 unspecified atom stereocenters. The van der Waals surface area contributed by atoms with E-state index in [4.69, 9.17) is 0 Å². The number of nitrogens with one attached hydrogen (secondary N) is 2. The molecule has 0 aliphatic carbocycles. The minimum atomic E-state index is -3.49. The second-order valence-electron chi connectivity index (χ2n) is 5.00. The Bertz CT molecular complexity index is 714. The van der Waals surface area contributed by atoms with Crippen molar-refractivity contribution in [3.63, 3.8) is 0 Å². The zero-order chi connectivity index (χ0) is 14.0. The molecule has 5 nitrogen and oxygen atoms in total. The first kappa shape index (κ1) is 19.1. The van der Waals surface area contributed by atoms with Crippen LogP contribution >= 0.6 is 24.8 Å². The van der Waals surface area contributed by atoms with E-state index >= 15 is 0 Å². The molecule has 0 spiro atoms.